The van der Waals surface area contributed by atoms with Crippen LogP contribution in [0.5, 0.6) is 0 Å². The Kier molecular flexibility index (Phi) is 2.55. The second-order valence-electron chi connectivity index (χ2n) is 3.61. The number of rotatable bonds is 2. The van der Waals surface area contributed by atoms with E-state index in [1.807, 2.05) is 24.3 Å². The maximum Gasteiger partial charge on any atom is 0.294 e. The highest BCUT2D eigenvalue weighted by atomic mass is 17.0. The van der Waals surface area contributed by atoms with Crippen LogP contribution in [0.15, 0.2) is 24.3 Å². The summed E-state index contributed by atoms with van der Waals surface area (Å²) in [5.74, 6) is 0. The van der Waals surface area contributed by atoms with Gasteiger partial charge >= 0.3 is 0 Å². The van der Waals surface area contributed by atoms with Gasteiger partial charge in [-0.25, -0.2) is 0 Å². The van der Waals surface area contributed by atoms with Crippen LogP contribution in [0.2, 0.25) is 0 Å². The van der Waals surface area contributed by atoms with Crippen LogP contribution in [0.25, 0.3) is 0 Å². The molecule has 1 N–H and O–H groups in total. The van der Waals surface area contributed by atoms with Gasteiger partial charge in [-0.2, -0.15) is 0 Å². The molecule has 0 saturated carbocycles. The van der Waals surface area contributed by atoms with Crippen LogP contribution in [-0.4, -0.2) is 22.4 Å². The Morgan fingerprint density at radius 3 is 2.53 bits per heavy atom. The van der Waals surface area contributed by atoms with Gasteiger partial charge in [0.1, 0.15) is 6.10 Å². The topological polar surface area (TPSA) is 72.6 Å². The number of hydrogen-bond donors (Lipinski definition) is 1. The Hall–Kier alpha value is -1.62. The lowest BCUT2D eigenvalue weighted by Crippen LogP contribution is -2.38. The van der Waals surface area contributed by atoms with Crippen LogP contribution in [-0.2, 0) is 17.7 Å². The van der Waals surface area contributed by atoms with E-state index in [1.165, 1.54) is 0 Å². The van der Waals surface area contributed by atoms with E-state index in [9.17, 15) is 15.2 Å². The van der Waals surface area contributed by atoms with Gasteiger partial charge in [-0.05, 0) is 11.1 Å². The monoisotopic (exact) mass is 209 g/mol. The molecule has 1 aromatic carbocycles. The van der Waals surface area contributed by atoms with Crippen molar-refractivity contribution < 1.29 is 15.0 Å². The lowest BCUT2D eigenvalue weighted by atomic mass is 9.88. The summed E-state index contributed by atoms with van der Waals surface area (Å²) < 4.78 is 0. The van der Waals surface area contributed by atoms with Crippen molar-refractivity contribution in [3.05, 3.63) is 45.5 Å². The fraction of sp³-hybridized carbons (Fsp3) is 0.400. The molecule has 0 unspecified atom stereocenters. The summed E-state index contributed by atoms with van der Waals surface area (Å²) in [5.41, 5.74) is 2.04. The summed E-state index contributed by atoms with van der Waals surface area (Å²) in [4.78, 5) is 14.6. The Labute approximate surface area is 86.4 Å². The number of benzene rings is 1. The van der Waals surface area contributed by atoms with Crippen molar-refractivity contribution in [2.75, 3.05) is 0 Å². The number of aliphatic hydroxyl groups is 1. The minimum atomic E-state index is -0.845. The quantitative estimate of drug-likeness (QED) is 0.575. The first-order chi connectivity index (χ1) is 7.16. The van der Waals surface area contributed by atoms with E-state index >= 15 is 0 Å². The molecule has 2 rings (SSSR count). The summed E-state index contributed by atoms with van der Waals surface area (Å²) in [6.45, 7) is 0. The molecule has 1 aromatic rings. The Bertz CT molecular complexity index is 379. The van der Waals surface area contributed by atoms with Crippen molar-refractivity contribution in [1.29, 1.82) is 0 Å². The van der Waals surface area contributed by atoms with Gasteiger partial charge in [-0.1, -0.05) is 24.3 Å². The van der Waals surface area contributed by atoms with E-state index in [-0.39, 0.29) is 0 Å². The number of nitrogens with zero attached hydrogens (tertiary/aromatic N) is 1. The summed E-state index contributed by atoms with van der Waals surface area (Å²) in [7, 11) is 0. The Balaban J connectivity index is 2.18. The molecule has 5 nitrogen and oxygen atoms in total. The van der Waals surface area contributed by atoms with Crippen molar-refractivity contribution in [1.82, 2.24) is 0 Å². The number of fused-ring (bicyclic) bond motifs is 1. The fourth-order valence-electron chi connectivity index (χ4n) is 1.88. The van der Waals surface area contributed by atoms with Crippen LogP contribution in [0.1, 0.15) is 11.1 Å². The highest BCUT2D eigenvalue weighted by Crippen LogP contribution is 2.23. The van der Waals surface area contributed by atoms with Gasteiger partial charge in [0, 0.05) is 12.8 Å². The normalized spacial score (nSPS) is 24.3. The van der Waals surface area contributed by atoms with Gasteiger partial charge in [0.05, 0.1) is 6.10 Å². The second kappa shape index (κ2) is 3.86. The van der Waals surface area contributed by atoms with Crippen molar-refractivity contribution in [3.8, 4) is 0 Å². The van der Waals surface area contributed by atoms with Crippen molar-refractivity contribution in [2.24, 2.45) is 0 Å². The van der Waals surface area contributed by atoms with Gasteiger partial charge in [-0.3, -0.25) is 0 Å². The van der Waals surface area contributed by atoms with Gasteiger partial charge in [-0.15, -0.1) is 10.1 Å². The van der Waals surface area contributed by atoms with E-state index in [0.29, 0.717) is 12.8 Å². The third-order valence-electron chi connectivity index (χ3n) is 2.62. The van der Waals surface area contributed by atoms with Crippen LogP contribution >= 0.6 is 0 Å². The molecule has 0 bridgehead atoms. The third kappa shape index (κ3) is 2.07. The lowest BCUT2D eigenvalue weighted by molar-refractivity contribution is -0.770. The first kappa shape index (κ1) is 9.92. The molecule has 80 valence electrons. The highest BCUT2D eigenvalue weighted by Gasteiger charge is 2.29. The molecule has 0 aromatic heterocycles. The van der Waals surface area contributed by atoms with E-state index < -0.39 is 17.3 Å². The molecule has 0 fully saturated rings. The Morgan fingerprint density at radius 2 is 1.93 bits per heavy atom. The zero-order valence-corrected chi connectivity index (χ0v) is 8.00. The molecule has 5 heteroatoms. The summed E-state index contributed by atoms with van der Waals surface area (Å²) >= 11 is 0. The lowest BCUT2D eigenvalue weighted by Gasteiger charge is -2.27. The van der Waals surface area contributed by atoms with E-state index in [4.69, 9.17) is 0 Å². The van der Waals surface area contributed by atoms with Crippen LogP contribution in [0.4, 0.5) is 0 Å². The van der Waals surface area contributed by atoms with E-state index in [0.717, 1.165) is 11.1 Å². The minimum absolute atomic E-state index is 0.387. The molecule has 0 heterocycles. The SMILES string of the molecule is O=[N+]([O-])O[C@H]1Cc2ccccc2C[C@@H]1O. The standard InChI is InChI=1S/C10H11NO4/c12-9-5-7-3-1-2-4-8(7)6-10(9)15-11(13)14/h1-4,9-10,12H,5-6H2/t9-,10-/m0/s1. The van der Waals surface area contributed by atoms with Crippen molar-refractivity contribution in [3.63, 3.8) is 0 Å². The van der Waals surface area contributed by atoms with E-state index in [1.54, 1.807) is 0 Å². The average Bonchev–Trinajstić information content (AvgIpc) is 2.18. The summed E-state index contributed by atoms with van der Waals surface area (Å²) in [6.07, 6.45) is -0.743. The molecule has 0 spiro atoms. The fourth-order valence-corrected chi connectivity index (χ4v) is 1.88. The second-order valence-corrected chi connectivity index (χ2v) is 3.61. The number of hydrogen-bond acceptors (Lipinski definition) is 4. The van der Waals surface area contributed by atoms with Crippen LogP contribution in [0, 0.1) is 10.1 Å². The zero-order valence-electron chi connectivity index (χ0n) is 8.00. The minimum Gasteiger partial charge on any atom is -0.390 e. The molecule has 0 aliphatic heterocycles. The maximum absolute atomic E-state index is 10.2. The van der Waals surface area contributed by atoms with Gasteiger partial charge in [0.25, 0.3) is 5.09 Å². The molecular weight excluding hydrogens is 198 g/mol. The molecule has 2 atom stereocenters. The smallest absolute Gasteiger partial charge is 0.294 e. The first-order valence-corrected chi connectivity index (χ1v) is 4.73. The molecule has 1 aliphatic rings. The maximum atomic E-state index is 10.2. The molecule has 0 saturated heterocycles. The van der Waals surface area contributed by atoms with Gasteiger partial charge in [0.2, 0.25) is 0 Å². The van der Waals surface area contributed by atoms with E-state index in [2.05, 4.69) is 4.84 Å². The van der Waals surface area contributed by atoms with Crippen LogP contribution in [0.3, 0.4) is 0 Å². The molecule has 0 amide bonds. The molecule has 1 aliphatic carbocycles. The van der Waals surface area contributed by atoms with Gasteiger partial charge in [0.15, 0.2) is 0 Å². The zero-order chi connectivity index (χ0) is 10.8. The predicted octanol–water partition coefficient (Wildman–Crippen LogP) is 0.723. The average molecular weight is 209 g/mol. The summed E-state index contributed by atoms with van der Waals surface area (Å²) in [6, 6.07) is 7.58. The molecule has 0 radical (unpaired) electrons. The highest BCUT2D eigenvalue weighted by molar-refractivity contribution is 5.31. The molecular formula is C10H11NO4. The number of aliphatic hydroxyl groups excluding tert-OH is 1. The largest absolute Gasteiger partial charge is 0.390 e. The first-order valence-electron chi connectivity index (χ1n) is 4.73. The van der Waals surface area contributed by atoms with Crippen molar-refractivity contribution in [2.45, 2.75) is 25.0 Å². The molecule has 15 heavy (non-hydrogen) atoms. The summed E-state index contributed by atoms with van der Waals surface area (Å²) in [5, 5.41) is 19.0. The van der Waals surface area contributed by atoms with Crippen LogP contribution < -0.4 is 0 Å². The third-order valence-corrected chi connectivity index (χ3v) is 2.62. The predicted molar refractivity (Wildman–Crippen MR) is 51.7 cm³/mol. The van der Waals surface area contributed by atoms with Gasteiger partial charge < -0.3 is 9.94 Å². The Morgan fingerprint density at radius 1 is 1.33 bits per heavy atom. The van der Waals surface area contributed by atoms with Crippen molar-refractivity contribution >= 4 is 0 Å².